The Labute approximate surface area is 159 Å². The lowest BCUT2D eigenvalue weighted by molar-refractivity contribution is 0.0240. The van der Waals surface area contributed by atoms with Crippen LogP contribution in [0, 0.1) is 0 Å². The lowest BCUT2D eigenvalue weighted by Gasteiger charge is -2.37. The zero-order valence-electron chi connectivity index (χ0n) is 16.2. The van der Waals surface area contributed by atoms with E-state index in [1.54, 1.807) is 4.90 Å². The van der Waals surface area contributed by atoms with Gasteiger partial charge in [0.2, 0.25) is 0 Å². The third-order valence-corrected chi connectivity index (χ3v) is 4.56. The van der Waals surface area contributed by atoms with E-state index in [2.05, 4.69) is 9.88 Å². The molecule has 1 fully saturated rings. The van der Waals surface area contributed by atoms with Gasteiger partial charge in [-0.05, 0) is 32.9 Å². The van der Waals surface area contributed by atoms with Crippen molar-refractivity contribution in [2.75, 3.05) is 37.7 Å². The molecule has 2 aromatic rings. The van der Waals surface area contributed by atoms with Crippen molar-refractivity contribution in [1.82, 2.24) is 14.3 Å². The number of rotatable bonds is 4. The largest absolute Gasteiger partial charge is 0.444 e. The molecule has 2 N–H and O–H groups in total. The highest BCUT2D eigenvalue weighted by Gasteiger charge is 2.27. The molecule has 8 heteroatoms. The maximum Gasteiger partial charge on any atom is 0.410 e. The number of aliphatic hydroxyl groups is 2. The fourth-order valence-electron chi connectivity index (χ4n) is 3.34. The van der Waals surface area contributed by atoms with Crippen molar-refractivity contribution in [1.29, 1.82) is 0 Å². The van der Waals surface area contributed by atoms with Gasteiger partial charge in [0.25, 0.3) is 0 Å². The van der Waals surface area contributed by atoms with Gasteiger partial charge in [-0.15, -0.1) is 0 Å². The van der Waals surface area contributed by atoms with E-state index in [1.807, 2.05) is 43.4 Å². The van der Waals surface area contributed by atoms with Crippen LogP contribution in [0.2, 0.25) is 0 Å². The standard InChI is InChI=1S/C19H28N4O4/c1-19(2,3)27-18(26)22-10-8-21(9-11-22)17-6-4-5-16-20-14(7-12-24)15(13-25)23(16)17/h4-6,24-25H,7-13H2,1-3H3. The number of aromatic nitrogens is 2. The molecule has 1 aliphatic heterocycles. The molecule has 27 heavy (non-hydrogen) atoms. The summed E-state index contributed by atoms with van der Waals surface area (Å²) in [7, 11) is 0. The van der Waals surface area contributed by atoms with Gasteiger partial charge in [-0.2, -0.15) is 0 Å². The number of hydrogen-bond acceptors (Lipinski definition) is 6. The number of carbonyl (C=O) groups excluding carboxylic acids is 1. The van der Waals surface area contributed by atoms with Crippen molar-refractivity contribution in [2.45, 2.75) is 39.4 Å². The monoisotopic (exact) mass is 376 g/mol. The summed E-state index contributed by atoms with van der Waals surface area (Å²) in [4.78, 5) is 20.7. The molecule has 0 unspecified atom stereocenters. The number of piperazine rings is 1. The van der Waals surface area contributed by atoms with Crippen molar-refractivity contribution >= 4 is 17.6 Å². The second-order valence-electron chi connectivity index (χ2n) is 7.67. The van der Waals surface area contributed by atoms with E-state index in [1.165, 1.54) is 0 Å². The summed E-state index contributed by atoms with van der Waals surface area (Å²) in [5.41, 5.74) is 1.65. The number of aliphatic hydroxyl groups excluding tert-OH is 2. The summed E-state index contributed by atoms with van der Waals surface area (Å²) < 4.78 is 7.39. The van der Waals surface area contributed by atoms with Crippen LogP contribution in [0.15, 0.2) is 18.2 Å². The molecule has 0 aliphatic carbocycles. The van der Waals surface area contributed by atoms with Crippen LogP contribution in [0.1, 0.15) is 32.2 Å². The second kappa shape index (κ2) is 7.74. The number of anilines is 1. The maximum atomic E-state index is 12.3. The summed E-state index contributed by atoms with van der Waals surface area (Å²) in [6.45, 7) is 7.89. The molecule has 0 spiro atoms. The molecule has 1 amide bonds. The highest BCUT2D eigenvalue weighted by Crippen LogP contribution is 2.24. The third kappa shape index (κ3) is 4.17. The molecule has 0 bridgehead atoms. The second-order valence-corrected chi connectivity index (χ2v) is 7.67. The Morgan fingerprint density at radius 3 is 2.48 bits per heavy atom. The van der Waals surface area contributed by atoms with E-state index in [-0.39, 0.29) is 19.3 Å². The van der Waals surface area contributed by atoms with Crippen molar-refractivity contribution in [2.24, 2.45) is 0 Å². The predicted molar refractivity (Wildman–Crippen MR) is 102 cm³/mol. The van der Waals surface area contributed by atoms with Gasteiger partial charge in [-0.25, -0.2) is 9.78 Å². The van der Waals surface area contributed by atoms with E-state index in [9.17, 15) is 15.0 Å². The smallest absolute Gasteiger partial charge is 0.410 e. The van der Waals surface area contributed by atoms with Gasteiger partial charge in [-0.3, -0.25) is 4.40 Å². The quantitative estimate of drug-likeness (QED) is 0.839. The summed E-state index contributed by atoms with van der Waals surface area (Å²) in [6, 6.07) is 5.81. The topological polar surface area (TPSA) is 90.5 Å². The van der Waals surface area contributed by atoms with Crippen molar-refractivity contribution in [3.8, 4) is 0 Å². The first-order valence-electron chi connectivity index (χ1n) is 9.28. The van der Waals surface area contributed by atoms with Gasteiger partial charge < -0.3 is 24.7 Å². The molecule has 8 nitrogen and oxygen atoms in total. The van der Waals surface area contributed by atoms with Crippen molar-refractivity contribution in [3.05, 3.63) is 29.6 Å². The fraction of sp³-hybridized carbons (Fsp3) is 0.579. The highest BCUT2D eigenvalue weighted by molar-refractivity contribution is 5.68. The molecule has 0 atom stereocenters. The van der Waals surface area contributed by atoms with Crippen molar-refractivity contribution < 1.29 is 19.7 Å². The summed E-state index contributed by atoms with van der Waals surface area (Å²) in [6.07, 6.45) is 0.118. The average Bonchev–Trinajstić information content (AvgIpc) is 2.98. The lowest BCUT2D eigenvalue weighted by atomic mass is 10.2. The number of fused-ring (bicyclic) bond motifs is 1. The Balaban J connectivity index is 1.80. The van der Waals surface area contributed by atoms with E-state index in [0.29, 0.717) is 44.0 Å². The van der Waals surface area contributed by atoms with Gasteiger partial charge >= 0.3 is 6.09 Å². The van der Waals surface area contributed by atoms with Gasteiger partial charge in [0.05, 0.1) is 18.0 Å². The molecular formula is C19H28N4O4. The van der Waals surface area contributed by atoms with E-state index >= 15 is 0 Å². The average molecular weight is 376 g/mol. The normalized spacial score (nSPS) is 15.4. The third-order valence-electron chi connectivity index (χ3n) is 4.56. The van der Waals surface area contributed by atoms with Crippen LogP contribution in [0.5, 0.6) is 0 Å². The van der Waals surface area contributed by atoms with Gasteiger partial charge in [0.15, 0.2) is 0 Å². The molecule has 2 aromatic heterocycles. The molecule has 148 valence electrons. The lowest BCUT2D eigenvalue weighted by Crippen LogP contribution is -2.50. The minimum atomic E-state index is -0.504. The minimum absolute atomic E-state index is 0.0131. The van der Waals surface area contributed by atoms with Gasteiger partial charge in [0, 0.05) is 39.2 Å². The van der Waals surface area contributed by atoms with E-state index < -0.39 is 5.60 Å². The van der Waals surface area contributed by atoms with Crippen LogP contribution in [-0.4, -0.2) is 69.0 Å². The Morgan fingerprint density at radius 1 is 1.19 bits per heavy atom. The number of ether oxygens (including phenoxy) is 1. The fourth-order valence-corrected chi connectivity index (χ4v) is 3.34. The van der Waals surface area contributed by atoms with Crippen LogP contribution in [0.25, 0.3) is 5.65 Å². The van der Waals surface area contributed by atoms with Crippen LogP contribution in [-0.2, 0) is 17.8 Å². The molecule has 0 radical (unpaired) electrons. The minimum Gasteiger partial charge on any atom is -0.444 e. The number of amides is 1. The zero-order chi connectivity index (χ0) is 19.6. The number of hydrogen-bond donors (Lipinski definition) is 2. The molecule has 3 rings (SSSR count). The van der Waals surface area contributed by atoms with Crippen LogP contribution in [0.3, 0.4) is 0 Å². The molecule has 0 aromatic carbocycles. The summed E-state index contributed by atoms with van der Waals surface area (Å²) in [5, 5.41) is 19.1. The highest BCUT2D eigenvalue weighted by atomic mass is 16.6. The molecule has 1 saturated heterocycles. The SMILES string of the molecule is CC(C)(C)OC(=O)N1CCN(c2cccc3nc(CCO)c(CO)n23)CC1. The van der Waals surface area contributed by atoms with Gasteiger partial charge in [0.1, 0.15) is 17.1 Å². The Hall–Kier alpha value is -2.32. The van der Waals surface area contributed by atoms with Crippen LogP contribution < -0.4 is 4.90 Å². The molecule has 0 saturated carbocycles. The Morgan fingerprint density at radius 2 is 1.89 bits per heavy atom. The van der Waals surface area contributed by atoms with Crippen LogP contribution in [0.4, 0.5) is 10.6 Å². The van der Waals surface area contributed by atoms with E-state index in [0.717, 1.165) is 11.5 Å². The first-order chi connectivity index (χ1) is 12.8. The maximum absolute atomic E-state index is 12.3. The summed E-state index contributed by atoms with van der Waals surface area (Å²) >= 11 is 0. The number of carbonyl (C=O) groups is 1. The Kier molecular flexibility index (Phi) is 5.57. The zero-order valence-corrected chi connectivity index (χ0v) is 16.2. The van der Waals surface area contributed by atoms with Crippen molar-refractivity contribution in [3.63, 3.8) is 0 Å². The first kappa shape index (κ1) is 19.4. The number of pyridine rings is 1. The predicted octanol–water partition coefficient (Wildman–Crippen LogP) is 1.42. The van der Waals surface area contributed by atoms with Gasteiger partial charge in [-0.1, -0.05) is 6.07 Å². The first-order valence-corrected chi connectivity index (χ1v) is 9.28. The Bertz CT molecular complexity index is 804. The van der Waals surface area contributed by atoms with E-state index in [4.69, 9.17) is 4.74 Å². The molecule has 1 aliphatic rings. The van der Waals surface area contributed by atoms with Crippen LogP contribution >= 0.6 is 0 Å². The summed E-state index contributed by atoms with van der Waals surface area (Å²) in [5.74, 6) is 0.928. The number of imidazole rings is 1. The number of nitrogens with zero attached hydrogens (tertiary/aromatic N) is 4. The molecular weight excluding hydrogens is 348 g/mol. The molecule has 3 heterocycles.